The molecule has 2 N–H and O–H groups in total. The minimum atomic E-state index is 0.503. The molecule has 1 heterocycles. The Labute approximate surface area is 121 Å². The first-order valence-corrected chi connectivity index (χ1v) is 7.57. The van der Waals surface area contributed by atoms with Gasteiger partial charge in [0.05, 0.1) is 11.4 Å². The summed E-state index contributed by atoms with van der Waals surface area (Å²) in [5.41, 5.74) is 8.45. The van der Waals surface area contributed by atoms with Gasteiger partial charge in [0.1, 0.15) is 0 Å². The van der Waals surface area contributed by atoms with E-state index < -0.39 is 0 Å². The summed E-state index contributed by atoms with van der Waals surface area (Å²) in [6.45, 7) is 7.78. The fraction of sp³-hybridized carbons (Fsp3) is 0.471. The molecular weight excluding hydrogens is 246 g/mol. The molecular formula is C17H25N3. The fourth-order valence-electron chi connectivity index (χ4n) is 2.56. The maximum Gasteiger partial charge on any atom is 0.0632 e. The van der Waals surface area contributed by atoms with Crippen LogP contribution in [0.2, 0.25) is 0 Å². The van der Waals surface area contributed by atoms with Crippen LogP contribution in [0, 0.1) is 0 Å². The number of nitrogen functional groups attached to an aromatic ring is 1. The summed E-state index contributed by atoms with van der Waals surface area (Å²) in [5, 5.41) is 2.20. The molecule has 0 spiro atoms. The molecule has 1 aromatic heterocycles. The van der Waals surface area contributed by atoms with Crippen molar-refractivity contribution in [2.24, 2.45) is 0 Å². The molecule has 0 radical (unpaired) electrons. The number of nitrogens with two attached hydrogens (primary N) is 1. The molecule has 2 aromatic rings. The average Bonchev–Trinajstić information content (AvgIpc) is 2.49. The van der Waals surface area contributed by atoms with E-state index in [1.807, 2.05) is 18.5 Å². The second-order valence-corrected chi connectivity index (χ2v) is 5.40. The van der Waals surface area contributed by atoms with Gasteiger partial charge in [-0.2, -0.15) is 0 Å². The Morgan fingerprint density at radius 3 is 2.75 bits per heavy atom. The molecule has 0 saturated heterocycles. The van der Waals surface area contributed by atoms with Crippen LogP contribution in [0.5, 0.6) is 0 Å². The van der Waals surface area contributed by atoms with Crippen LogP contribution in [0.1, 0.15) is 40.0 Å². The van der Waals surface area contributed by atoms with Gasteiger partial charge in [0.25, 0.3) is 0 Å². The molecule has 1 unspecified atom stereocenters. The summed E-state index contributed by atoms with van der Waals surface area (Å²) < 4.78 is 0. The Balaban J connectivity index is 2.44. The molecule has 1 aromatic carbocycles. The predicted molar refractivity (Wildman–Crippen MR) is 88.2 cm³/mol. The van der Waals surface area contributed by atoms with Crippen LogP contribution in [-0.2, 0) is 0 Å². The maximum atomic E-state index is 6.41. The number of hydrogen-bond donors (Lipinski definition) is 1. The fourth-order valence-corrected chi connectivity index (χ4v) is 2.56. The molecule has 3 heteroatoms. The molecule has 0 fully saturated rings. The van der Waals surface area contributed by atoms with E-state index in [-0.39, 0.29) is 0 Å². The first-order valence-electron chi connectivity index (χ1n) is 7.57. The minimum absolute atomic E-state index is 0.503. The SMILES string of the molecule is CCCCN(c1ccc2cnccc2c1N)C(C)CC. The van der Waals surface area contributed by atoms with Gasteiger partial charge in [-0.05, 0) is 31.9 Å². The number of anilines is 2. The number of unbranched alkanes of at least 4 members (excludes halogenated alkanes) is 1. The molecule has 0 saturated carbocycles. The molecule has 0 aliphatic carbocycles. The number of nitrogens with zero attached hydrogens (tertiary/aromatic N) is 2. The lowest BCUT2D eigenvalue weighted by molar-refractivity contribution is 0.596. The van der Waals surface area contributed by atoms with Gasteiger partial charge in [0.2, 0.25) is 0 Å². The van der Waals surface area contributed by atoms with Gasteiger partial charge in [-0.15, -0.1) is 0 Å². The van der Waals surface area contributed by atoms with Gasteiger partial charge in [0.15, 0.2) is 0 Å². The van der Waals surface area contributed by atoms with Crippen molar-refractivity contribution >= 4 is 22.1 Å². The Bertz CT molecular complexity index is 565. The zero-order chi connectivity index (χ0) is 14.5. The number of fused-ring (bicyclic) bond motifs is 1. The lowest BCUT2D eigenvalue weighted by atomic mass is 10.1. The molecule has 1 atom stereocenters. The zero-order valence-electron chi connectivity index (χ0n) is 12.8. The monoisotopic (exact) mass is 271 g/mol. The first kappa shape index (κ1) is 14.6. The Hall–Kier alpha value is -1.77. The molecule has 3 nitrogen and oxygen atoms in total. The topological polar surface area (TPSA) is 42.2 Å². The highest BCUT2D eigenvalue weighted by Crippen LogP contribution is 2.32. The van der Waals surface area contributed by atoms with Crippen LogP contribution in [0.15, 0.2) is 30.6 Å². The van der Waals surface area contributed by atoms with Gasteiger partial charge < -0.3 is 10.6 Å². The Kier molecular flexibility index (Phi) is 4.83. The summed E-state index contributed by atoms with van der Waals surface area (Å²) >= 11 is 0. The number of benzene rings is 1. The van der Waals surface area contributed by atoms with E-state index in [9.17, 15) is 0 Å². The van der Waals surface area contributed by atoms with Crippen molar-refractivity contribution in [3.63, 3.8) is 0 Å². The second kappa shape index (κ2) is 6.60. The summed E-state index contributed by atoms with van der Waals surface area (Å²) in [7, 11) is 0. The lowest BCUT2D eigenvalue weighted by Crippen LogP contribution is -2.34. The largest absolute Gasteiger partial charge is 0.397 e. The van der Waals surface area contributed by atoms with E-state index in [4.69, 9.17) is 5.73 Å². The van der Waals surface area contributed by atoms with E-state index >= 15 is 0 Å². The predicted octanol–water partition coefficient (Wildman–Crippen LogP) is 4.22. The van der Waals surface area contributed by atoms with Crippen molar-refractivity contribution < 1.29 is 0 Å². The van der Waals surface area contributed by atoms with Crippen molar-refractivity contribution in [3.05, 3.63) is 30.6 Å². The molecule has 0 bridgehead atoms. The standard InChI is InChI=1S/C17H25N3/c1-4-6-11-20(13(3)5-2)16-8-7-14-12-19-10-9-15(14)17(16)18/h7-10,12-13H,4-6,11,18H2,1-3H3. The normalized spacial score (nSPS) is 12.6. The molecule has 20 heavy (non-hydrogen) atoms. The highest BCUT2D eigenvalue weighted by Gasteiger charge is 2.16. The highest BCUT2D eigenvalue weighted by molar-refractivity contribution is 5.98. The number of pyridine rings is 1. The third-order valence-corrected chi connectivity index (χ3v) is 4.02. The van der Waals surface area contributed by atoms with Crippen LogP contribution in [-0.4, -0.2) is 17.6 Å². The van der Waals surface area contributed by atoms with Gasteiger partial charge in [-0.1, -0.05) is 26.3 Å². The van der Waals surface area contributed by atoms with Crippen molar-refractivity contribution in [1.29, 1.82) is 0 Å². The quantitative estimate of drug-likeness (QED) is 0.800. The van der Waals surface area contributed by atoms with Crippen LogP contribution in [0.25, 0.3) is 10.8 Å². The van der Waals surface area contributed by atoms with Gasteiger partial charge in [-0.3, -0.25) is 4.98 Å². The van der Waals surface area contributed by atoms with E-state index in [2.05, 4.69) is 42.8 Å². The third kappa shape index (κ3) is 2.87. The maximum absolute atomic E-state index is 6.41. The van der Waals surface area contributed by atoms with Gasteiger partial charge in [-0.25, -0.2) is 0 Å². The average molecular weight is 271 g/mol. The summed E-state index contributed by atoms with van der Waals surface area (Å²) in [4.78, 5) is 6.60. The zero-order valence-corrected chi connectivity index (χ0v) is 12.8. The molecule has 2 rings (SSSR count). The second-order valence-electron chi connectivity index (χ2n) is 5.40. The van der Waals surface area contributed by atoms with Gasteiger partial charge in [0, 0.05) is 35.8 Å². The van der Waals surface area contributed by atoms with Crippen LogP contribution < -0.4 is 10.6 Å². The molecule has 108 valence electrons. The van der Waals surface area contributed by atoms with E-state index in [1.165, 1.54) is 12.8 Å². The summed E-state index contributed by atoms with van der Waals surface area (Å²) in [5.74, 6) is 0. The smallest absolute Gasteiger partial charge is 0.0632 e. The first-order chi connectivity index (χ1) is 9.69. The van der Waals surface area contributed by atoms with Crippen molar-refractivity contribution in [2.75, 3.05) is 17.2 Å². The Morgan fingerprint density at radius 2 is 2.05 bits per heavy atom. The van der Waals surface area contributed by atoms with E-state index in [0.717, 1.165) is 35.1 Å². The lowest BCUT2D eigenvalue weighted by Gasteiger charge is -2.32. The summed E-state index contributed by atoms with van der Waals surface area (Å²) in [6.07, 6.45) is 7.19. The van der Waals surface area contributed by atoms with Gasteiger partial charge >= 0.3 is 0 Å². The molecule has 0 amide bonds. The molecule has 0 aliphatic heterocycles. The van der Waals surface area contributed by atoms with E-state index in [0.29, 0.717) is 6.04 Å². The van der Waals surface area contributed by atoms with E-state index in [1.54, 1.807) is 0 Å². The van der Waals surface area contributed by atoms with Crippen molar-refractivity contribution in [1.82, 2.24) is 4.98 Å². The van der Waals surface area contributed by atoms with Crippen LogP contribution >= 0.6 is 0 Å². The van der Waals surface area contributed by atoms with Crippen molar-refractivity contribution in [2.45, 2.75) is 46.1 Å². The molecule has 0 aliphatic rings. The Morgan fingerprint density at radius 1 is 1.25 bits per heavy atom. The van der Waals surface area contributed by atoms with Crippen molar-refractivity contribution in [3.8, 4) is 0 Å². The number of hydrogen-bond acceptors (Lipinski definition) is 3. The minimum Gasteiger partial charge on any atom is -0.397 e. The highest BCUT2D eigenvalue weighted by atomic mass is 15.2. The number of rotatable bonds is 6. The van der Waals surface area contributed by atoms with Crippen LogP contribution in [0.4, 0.5) is 11.4 Å². The summed E-state index contributed by atoms with van der Waals surface area (Å²) in [6, 6.07) is 6.77. The third-order valence-electron chi connectivity index (χ3n) is 4.02. The number of aromatic nitrogens is 1. The van der Waals surface area contributed by atoms with Crippen LogP contribution in [0.3, 0.4) is 0 Å².